The molecule has 2 aliphatic rings. The SMILES string of the molecule is OC1=CC=CCC1C(O)C1CC=CCC1. The summed E-state index contributed by atoms with van der Waals surface area (Å²) >= 11 is 0. The minimum Gasteiger partial charge on any atom is -0.512 e. The second kappa shape index (κ2) is 4.67. The van der Waals surface area contributed by atoms with Crippen LogP contribution in [0.2, 0.25) is 0 Å². The first-order chi connectivity index (χ1) is 7.29. The zero-order valence-corrected chi connectivity index (χ0v) is 8.84. The molecule has 3 unspecified atom stereocenters. The van der Waals surface area contributed by atoms with E-state index in [2.05, 4.69) is 12.2 Å². The molecule has 2 rings (SSSR count). The highest BCUT2D eigenvalue weighted by atomic mass is 16.3. The molecule has 2 nitrogen and oxygen atoms in total. The minimum absolute atomic E-state index is 0.0912. The fraction of sp³-hybridized carbons (Fsp3) is 0.538. The smallest absolute Gasteiger partial charge is 0.0982 e. The number of aliphatic hydroxyl groups is 2. The van der Waals surface area contributed by atoms with Crippen molar-refractivity contribution in [2.75, 3.05) is 0 Å². The third-order valence-electron chi connectivity index (χ3n) is 3.38. The molecule has 2 N–H and O–H groups in total. The molecular weight excluding hydrogens is 188 g/mol. The molecule has 82 valence electrons. The summed E-state index contributed by atoms with van der Waals surface area (Å²) in [5.74, 6) is 0.549. The molecule has 3 atom stereocenters. The van der Waals surface area contributed by atoms with Gasteiger partial charge in [0.05, 0.1) is 11.9 Å². The fourth-order valence-electron chi connectivity index (χ4n) is 2.41. The molecule has 0 aromatic carbocycles. The van der Waals surface area contributed by atoms with Crippen molar-refractivity contribution in [3.8, 4) is 0 Å². The largest absolute Gasteiger partial charge is 0.512 e. The lowest BCUT2D eigenvalue weighted by atomic mass is 9.80. The van der Waals surface area contributed by atoms with Crippen LogP contribution in [0.4, 0.5) is 0 Å². The van der Waals surface area contributed by atoms with Crippen LogP contribution >= 0.6 is 0 Å². The fourth-order valence-corrected chi connectivity index (χ4v) is 2.41. The van der Waals surface area contributed by atoms with Gasteiger partial charge in [-0.3, -0.25) is 0 Å². The van der Waals surface area contributed by atoms with Crippen LogP contribution in [0.25, 0.3) is 0 Å². The highest BCUT2D eigenvalue weighted by Crippen LogP contribution is 2.31. The number of allylic oxidation sites excluding steroid dienone is 5. The highest BCUT2D eigenvalue weighted by Gasteiger charge is 2.30. The van der Waals surface area contributed by atoms with Crippen LogP contribution in [0.3, 0.4) is 0 Å². The summed E-state index contributed by atoms with van der Waals surface area (Å²) in [5.41, 5.74) is 0. The van der Waals surface area contributed by atoms with Crippen molar-refractivity contribution in [2.24, 2.45) is 11.8 Å². The molecule has 0 aliphatic heterocycles. The van der Waals surface area contributed by atoms with Crippen molar-refractivity contribution in [2.45, 2.75) is 31.8 Å². The monoisotopic (exact) mass is 206 g/mol. The molecule has 2 aliphatic carbocycles. The van der Waals surface area contributed by atoms with E-state index in [9.17, 15) is 10.2 Å². The van der Waals surface area contributed by atoms with E-state index in [1.54, 1.807) is 6.08 Å². The Morgan fingerprint density at radius 2 is 2.07 bits per heavy atom. The van der Waals surface area contributed by atoms with Gasteiger partial charge in [0.15, 0.2) is 0 Å². The van der Waals surface area contributed by atoms with Gasteiger partial charge in [0, 0.05) is 5.92 Å². The lowest BCUT2D eigenvalue weighted by Gasteiger charge is -2.30. The Morgan fingerprint density at radius 3 is 2.73 bits per heavy atom. The van der Waals surface area contributed by atoms with Crippen molar-refractivity contribution in [1.82, 2.24) is 0 Å². The van der Waals surface area contributed by atoms with E-state index < -0.39 is 6.10 Å². The summed E-state index contributed by atoms with van der Waals surface area (Å²) in [6.07, 6.45) is 13.2. The molecule has 0 fully saturated rings. The van der Waals surface area contributed by atoms with Gasteiger partial charge in [-0.15, -0.1) is 0 Å². The average Bonchev–Trinajstić information content (AvgIpc) is 2.30. The Kier molecular flexibility index (Phi) is 3.27. The maximum Gasteiger partial charge on any atom is 0.0982 e. The molecular formula is C13H18O2. The molecule has 0 bridgehead atoms. The molecule has 0 saturated heterocycles. The molecule has 0 spiro atoms. The van der Waals surface area contributed by atoms with Crippen molar-refractivity contribution in [1.29, 1.82) is 0 Å². The predicted molar refractivity (Wildman–Crippen MR) is 60.4 cm³/mol. The molecule has 2 heteroatoms. The number of aliphatic hydroxyl groups excluding tert-OH is 2. The molecule has 0 heterocycles. The summed E-state index contributed by atoms with van der Waals surface area (Å²) in [6.45, 7) is 0. The predicted octanol–water partition coefficient (Wildman–Crippen LogP) is 2.72. The van der Waals surface area contributed by atoms with Gasteiger partial charge in [-0.25, -0.2) is 0 Å². The zero-order valence-electron chi connectivity index (χ0n) is 8.84. The van der Waals surface area contributed by atoms with Gasteiger partial charge >= 0.3 is 0 Å². The van der Waals surface area contributed by atoms with Gasteiger partial charge in [-0.05, 0) is 37.7 Å². The third-order valence-corrected chi connectivity index (χ3v) is 3.38. The summed E-state index contributed by atoms with van der Waals surface area (Å²) in [5, 5.41) is 19.9. The van der Waals surface area contributed by atoms with Gasteiger partial charge in [0.25, 0.3) is 0 Å². The highest BCUT2D eigenvalue weighted by molar-refractivity contribution is 5.17. The van der Waals surface area contributed by atoms with Crippen LogP contribution in [0.15, 0.2) is 36.1 Å². The van der Waals surface area contributed by atoms with Crippen molar-refractivity contribution in [3.05, 3.63) is 36.1 Å². The van der Waals surface area contributed by atoms with E-state index in [-0.39, 0.29) is 5.92 Å². The summed E-state index contributed by atoms with van der Waals surface area (Å²) in [7, 11) is 0. The summed E-state index contributed by atoms with van der Waals surface area (Å²) < 4.78 is 0. The van der Waals surface area contributed by atoms with E-state index in [1.807, 2.05) is 12.2 Å². The van der Waals surface area contributed by atoms with Crippen molar-refractivity contribution < 1.29 is 10.2 Å². The molecule has 0 amide bonds. The Hall–Kier alpha value is -1.02. The molecule has 15 heavy (non-hydrogen) atoms. The summed E-state index contributed by atoms with van der Waals surface area (Å²) in [6, 6.07) is 0. The van der Waals surface area contributed by atoms with E-state index >= 15 is 0 Å². The Morgan fingerprint density at radius 1 is 1.20 bits per heavy atom. The van der Waals surface area contributed by atoms with Crippen molar-refractivity contribution >= 4 is 0 Å². The van der Waals surface area contributed by atoms with Gasteiger partial charge < -0.3 is 10.2 Å². The Bertz CT molecular complexity index is 302. The Balaban J connectivity index is 2.01. The lowest BCUT2D eigenvalue weighted by molar-refractivity contribution is 0.0439. The van der Waals surface area contributed by atoms with Crippen molar-refractivity contribution in [3.63, 3.8) is 0 Å². The number of hydrogen-bond donors (Lipinski definition) is 2. The van der Waals surface area contributed by atoms with Gasteiger partial charge in [-0.1, -0.05) is 24.3 Å². The zero-order chi connectivity index (χ0) is 10.7. The van der Waals surface area contributed by atoms with Crippen LogP contribution in [0.5, 0.6) is 0 Å². The normalized spacial score (nSPS) is 32.5. The quantitative estimate of drug-likeness (QED) is 0.682. The second-order valence-electron chi connectivity index (χ2n) is 4.40. The van der Waals surface area contributed by atoms with Gasteiger partial charge in [0.2, 0.25) is 0 Å². The molecule has 0 radical (unpaired) electrons. The first kappa shape index (κ1) is 10.5. The number of rotatable bonds is 2. The second-order valence-corrected chi connectivity index (χ2v) is 4.40. The Labute approximate surface area is 90.6 Å². The third kappa shape index (κ3) is 2.32. The summed E-state index contributed by atoms with van der Waals surface area (Å²) in [4.78, 5) is 0. The van der Waals surface area contributed by atoms with Gasteiger partial charge in [0.1, 0.15) is 0 Å². The molecule has 0 saturated carbocycles. The first-order valence-corrected chi connectivity index (χ1v) is 5.68. The van der Waals surface area contributed by atoms with E-state index in [0.29, 0.717) is 11.7 Å². The standard InChI is InChI=1S/C13H18O2/c14-12-9-5-4-8-11(12)13(15)10-6-2-1-3-7-10/h1-2,4-5,9-11,13-15H,3,6-8H2. The topological polar surface area (TPSA) is 40.5 Å². The lowest BCUT2D eigenvalue weighted by Crippen LogP contribution is -2.31. The van der Waals surface area contributed by atoms with Crippen LogP contribution < -0.4 is 0 Å². The van der Waals surface area contributed by atoms with E-state index in [0.717, 1.165) is 25.7 Å². The maximum atomic E-state index is 10.2. The molecule has 0 aromatic heterocycles. The molecule has 0 aromatic rings. The van der Waals surface area contributed by atoms with Gasteiger partial charge in [-0.2, -0.15) is 0 Å². The minimum atomic E-state index is -0.406. The van der Waals surface area contributed by atoms with E-state index in [4.69, 9.17) is 0 Å². The maximum absolute atomic E-state index is 10.2. The number of hydrogen-bond acceptors (Lipinski definition) is 2. The average molecular weight is 206 g/mol. The van der Waals surface area contributed by atoms with Crippen LogP contribution in [0.1, 0.15) is 25.7 Å². The van der Waals surface area contributed by atoms with Crippen LogP contribution in [-0.4, -0.2) is 16.3 Å². The van der Waals surface area contributed by atoms with E-state index in [1.165, 1.54) is 0 Å². The van der Waals surface area contributed by atoms with Crippen LogP contribution in [0, 0.1) is 11.8 Å². The first-order valence-electron chi connectivity index (χ1n) is 5.68. The van der Waals surface area contributed by atoms with Crippen LogP contribution in [-0.2, 0) is 0 Å².